The molecule has 21 heavy (non-hydrogen) atoms. The SMILES string of the molecule is CCCNc1nc(NCC(C)(C)CC)c2cc(C)sc2n1. The molecule has 116 valence electrons. The summed E-state index contributed by atoms with van der Waals surface area (Å²) in [5.41, 5.74) is 0.263. The fourth-order valence-corrected chi connectivity index (χ4v) is 2.82. The van der Waals surface area contributed by atoms with E-state index < -0.39 is 0 Å². The number of fused-ring (bicyclic) bond motifs is 1. The first kappa shape index (κ1) is 16.0. The van der Waals surface area contributed by atoms with Crippen LogP contribution in [-0.4, -0.2) is 23.1 Å². The van der Waals surface area contributed by atoms with Gasteiger partial charge in [0.2, 0.25) is 5.95 Å². The van der Waals surface area contributed by atoms with Crippen molar-refractivity contribution in [2.45, 2.75) is 47.5 Å². The molecule has 2 rings (SSSR count). The summed E-state index contributed by atoms with van der Waals surface area (Å²) < 4.78 is 0. The van der Waals surface area contributed by atoms with Crippen LogP contribution in [0.1, 0.15) is 45.4 Å². The monoisotopic (exact) mass is 306 g/mol. The third-order valence-electron chi connectivity index (χ3n) is 3.74. The van der Waals surface area contributed by atoms with Crippen molar-refractivity contribution in [1.29, 1.82) is 0 Å². The smallest absolute Gasteiger partial charge is 0.226 e. The van der Waals surface area contributed by atoms with Gasteiger partial charge in [0.15, 0.2) is 0 Å². The highest BCUT2D eigenvalue weighted by Crippen LogP contribution is 2.30. The van der Waals surface area contributed by atoms with Crippen LogP contribution in [0.5, 0.6) is 0 Å². The molecule has 0 aliphatic heterocycles. The Hall–Kier alpha value is -1.36. The first-order chi connectivity index (χ1) is 9.95. The zero-order valence-electron chi connectivity index (χ0n) is 13.7. The zero-order valence-corrected chi connectivity index (χ0v) is 14.5. The number of aromatic nitrogens is 2. The van der Waals surface area contributed by atoms with Crippen LogP contribution in [0.3, 0.4) is 0 Å². The highest BCUT2D eigenvalue weighted by Gasteiger charge is 2.17. The molecule has 0 aromatic carbocycles. The average Bonchev–Trinajstić information content (AvgIpc) is 2.83. The molecule has 0 spiro atoms. The van der Waals surface area contributed by atoms with E-state index in [9.17, 15) is 0 Å². The van der Waals surface area contributed by atoms with Gasteiger partial charge in [-0.2, -0.15) is 4.98 Å². The van der Waals surface area contributed by atoms with Crippen LogP contribution in [0.4, 0.5) is 11.8 Å². The maximum Gasteiger partial charge on any atom is 0.226 e. The Bertz CT molecular complexity index is 604. The van der Waals surface area contributed by atoms with Crippen molar-refractivity contribution in [2.24, 2.45) is 5.41 Å². The van der Waals surface area contributed by atoms with Crippen LogP contribution in [0.25, 0.3) is 10.2 Å². The average molecular weight is 306 g/mol. The molecule has 0 unspecified atom stereocenters. The fraction of sp³-hybridized carbons (Fsp3) is 0.625. The molecule has 0 aliphatic carbocycles. The van der Waals surface area contributed by atoms with E-state index in [4.69, 9.17) is 0 Å². The molecule has 0 bridgehead atoms. The van der Waals surface area contributed by atoms with Gasteiger partial charge >= 0.3 is 0 Å². The molecule has 0 saturated carbocycles. The maximum absolute atomic E-state index is 4.66. The Kier molecular flexibility index (Phi) is 5.04. The molecule has 2 N–H and O–H groups in total. The van der Waals surface area contributed by atoms with E-state index in [1.807, 2.05) is 0 Å². The topological polar surface area (TPSA) is 49.8 Å². The second-order valence-electron chi connectivity index (χ2n) is 6.27. The zero-order chi connectivity index (χ0) is 15.5. The van der Waals surface area contributed by atoms with Gasteiger partial charge in [-0.3, -0.25) is 0 Å². The summed E-state index contributed by atoms with van der Waals surface area (Å²) in [5.74, 6) is 1.67. The van der Waals surface area contributed by atoms with E-state index in [1.54, 1.807) is 11.3 Å². The summed E-state index contributed by atoms with van der Waals surface area (Å²) in [7, 11) is 0. The molecule has 0 atom stereocenters. The standard InChI is InChI=1S/C16H26N4S/c1-6-8-17-15-19-13(18-10-16(4,5)7-2)12-9-11(3)21-14(12)20-15/h9H,6-8,10H2,1-5H3,(H2,17,18,19,20). The largest absolute Gasteiger partial charge is 0.369 e. The number of thiophene rings is 1. The maximum atomic E-state index is 4.66. The number of aryl methyl sites for hydroxylation is 1. The molecule has 0 fully saturated rings. The Balaban J connectivity index is 2.30. The van der Waals surface area contributed by atoms with Crippen molar-refractivity contribution in [3.63, 3.8) is 0 Å². The molecule has 2 aromatic rings. The Morgan fingerprint density at radius 2 is 1.95 bits per heavy atom. The lowest BCUT2D eigenvalue weighted by molar-refractivity contribution is 0.376. The third kappa shape index (κ3) is 4.06. The van der Waals surface area contributed by atoms with E-state index >= 15 is 0 Å². The molecular formula is C16H26N4S. The summed E-state index contributed by atoms with van der Waals surface area (Å²) in [5, 5.41) is 7.95. The Labute approximate surface area is 131 Å². The number of hydrogen-bond acceptors (Lipinski definition) is 5. The van der Waals surface area contributed by atoms with Crippen molar-refractivity contribution in [3.05, 3.63) is 10.9 Å². The first-order valence-corrected chi connectivity index (χ1v) is 8.52. The molecule has 0 radical (unpaired) electrons. The fourth-order valence-electron chi connectivity index (χ4n) is 1.94. The number of nitrogens with one attached hydrogen (secondary N) is 2. The van der Waals surface area contributed by atoms with E-state index in [1.165, 1.54) is 4.88 Å². The number of nitrogens with zero attached hydrogens (tertiary/aromatic N) is 2. The van der Waals surface area contributed by atoms with E-state index in [2.05, 4.69) is 61.3 Å². The van der Waals surface area contributed by atoms with Crippen molar-refractivity contribution < 1.29 is 0 Å². The minimum absolute atomic E-state index is 0.263. The van der Waals surface area contributed by atoms with Crippen molar-refractivity contribution in [3.8, 4) is 0 Å². The van der Waals surface area contributed by atoms with Gasteiger partial charge in [-0.15, -0.1) is 11.3 Å². The summed E-state index contributed by atoms with van der Waals surface area (Å²) in [4.78, 5) is 11.6. The van der Waals surface area contributed by atoms with Gasteiger partial charge in [-0.05, 0) is 31.2 Å². The number of rotatable bonds is 7. The van der Waals surface area contributed by atoms with Crippen LogP contribution >= 0.6 is 11.3 Å². The van der Waals surface area contributed by atoms with Gasteiger partial charge in [0.25, 0.3) is 0 Å². The highest BCUT2D eigenvalue weighted by molar-refractivity contribution is 7.18. The number of hydrogen-bond donors (Lipinski definition) is 2. The molecule has 0 aliphatic rings. The molecule has 4 nitrogen and oxygen atoms in total. The van der Waals surface area contributed by atoms with Crippen LogP contribution in [0.15, 0.2) is 6.07 Å². The molecule has 0 amide bonds. The predicted octanol–water partition coefficient (Wildman–Crippen LogP) is 4.67. The van der Waals surface area contributed by atoms with Gasteiger partial charge < -0.3 is 10.6 Å². The van der Waals surface area contributed by atoms with Gasteiger partial charge in [0.1, 0.15) is 10.6 Å². The quantitative estimate of drug-likeness (QED) is 0.780. The second-order valence-corrected chi connectivity index (χ2v) is 7.50. The van der Waals surface area contributed by atoms with Crippen LogP contribution in [0, 0.1) is 12.3 Å². The second kappa shape index (κ2) is 6.60. The summed E-state index contributed by atoms with van der Waals surface area (Å²) in [6, 6.07) is 2.17. The number of anilines is 2. The molecule has 2 aromatic heterocycles. The summed E-state index contributed by atoms with van der Waals surface area (Å²) in [6.07, 6.45) is 2.20. The van der Waals surface area contributed by atoms with Gasteiger partial charge in [0, 0.05) is 18.0 Å². The van der Waals surface area contributed by atoms with Gasteiger partial charge in [-0.1, -0.05) is 27.7 Å². The van der Waals surface area contributed by atoms with Crippen molar-refractivity contribution in [2.75, 3.05) is 23.7 Å². The molecule has 2 heterocycles. The third-order valence-corrected chi connectivity index (χ3v) is 4.68. The van der Waals surface area contributed by atoms with E-state index in [0.29, 0.717) is 0 Å². The van der Waals surface area contributed by atoms with Crippen LogP contribution in [-0.2, 0) is 0 Å². The van der Waals surface area contributed by atoms with Gasteiger partial charge in [0.05, 0.1) is 5.39 Å². The van der Waals surface area contributed by atoms with Crippen LogP contribution in [0.2, 0.25) is 0 Å². The predicted molar refractivity (Wildman–Crippen MR) is 93.5 cm³/mol. The van der Waals surface area contributed by atoms with E-state index in [0.717, 1.165) is 47.9 Å². The highest BCUT2D eigenvalue weighted by atomic mass is 32.1. The molecular weight excluding hydrogens is 280 g/mol. The Morgan fingerprint density at radius 3 is 2.62 bits per heavy atom. The van der Waals surface area contributed by atoms with Crippen LogP contribution < -0.4 is 10.6 Å². The summed E-state index contributed by atoms with van der Waals surface area (Å²) >= 11 is 1.72. The van der Waals surface area contributed by atoms with Crippen molar-refractivity contribution >= 4 is 33.3 Å². The minimum atomic E-state index is 0.263. The summed E-state index contributed by atoms with van der Waals surface area (Å²) in [6.45, 7) is 12.8. The molecule has 5 heteroatoms. The minimum Gasteiger partial charge on any atom is -0.369 e. The lowest BCUT2D eigenvalue weighted by atomic mass is 9.90. The lowest BCUT2D eigenvalue weighted by Crippen LogP contribution is -2.22. The molecule has 0 saturated heterocycles. The normalized spacial score (nSPS) is 11.9. The van der Waals surface area contributed by atoms with Gasteiger partial charge in [-0.25, -0.2) is 4.98 Å². The van der Waals surface area contributed by atoms with Crippen molar-refractivity contribution in [1.82, 2.24) is 9.97 Å². The lowest BCUT2D eigenvalue weighted by Gasteiger charge is -2.23. The Morgan fingerprint density at radius 1 is 1.19 bits per heavy atom. The van der Waals surface area contributed by atoms with E-state index in [-0.39, 0.29) is 5.41 Å². The first-order valence-electron chi connectivity index (χ1n) is 7.71.